The monoisotopic (exact) mass is 317 g/mol. The van der Waals surface area contributed by atoms with Gasteiger partial charge in [0.2, 0.25) is 0 Å². The normalized spacial score (nSPS) is 11.3. The Morgan fingerprint density at radius 3 is 2.58 bits per heavy atom. The summed E-state index contributed by atoms with van der Waals surface area (Å²) in [5.41, 5.74) is 5.85. The zero-order chi connectivity index (χ0) is 14.0. The lowest BCUT2D eigenvalue weighted by Gasteiger charge is -2.10. The topological polar surface area (TPSA) is 85.1 Å². The number of rotatable bonds is 3. The molecule has 5 nitrogen and oxygen atoms in total. The number of anilines is 2. The molecule has 8 heteroatoms. The van der Waals surface area contributed by atoms with Gasteiger partial charge in [0.1, 0.15) is 0 Å². The average molecular weight is 318 g/mol. The molecule has 0 fully saturated rings. The van der Waals surface area contributed by atoms with Crippen molar-refractivity contribution in [2.75, 3.05) is 10.5 Å². The molecule has 0 atom stereocenters. The number of nitrogens with two attached hydrogens (primary N) is 1. The molecule has 0 saturated heterocycles. The summed E-state index contributed by atoms with van der Waals surface area (Å²) in [4.78, 5) is 3.75. The summed E-state index contributed by atoms with van der Waals surface area (Å²) in [6, 6.07) is 7.41. The Labute approximate surface area is 120 Å². The second-order valence-corrected chi connectivity index (χ2v) is 6.07. The molecule has 19 heavy (non-hydrogen) atoms. The SMILES string of the molecule is Nc1cccnc1S(=O)(=O)Nc1ccc(Cl)cc1Cl. The molecular weight excluding hydrogens is 309 g/mol. The Bertz CT molecular complexity index is 720. The van der Waals surface area contributed by atoms with Gasteiger partial charge in [-0.1, -0.05) is 23.2 Å². The highest BCUT2D eigenvalue weighted by atomic mass is 35.5. The summed E-state index contributed by atoms with van der Waals surface area (Å²) in [5, 5.41) is 0.344. The fraction of sp³-hybridized carbons (Fsp3) is 0. The van der Waals surface area contributed by atoms with Crippen molar-refractivity contribution >= 4 is 44.6 Å². The van der Waals surface area contributed by atoms with Gasteiger partial charge in [-0.3, -0.25) is 4.72 Å². The van der Waals surface area contributed by atoms with Crippen molar-refractivity contribution in [3.63, 3.8) is 0 Å². The number of nitrogens with zero attached hydrogens (tertiary/aromatic N) is 1. The van der Waals surface area contributed by atoms with Crippen molar-refractivity contribution in [3.05, 3.63) is 46.6 Å². The summed E-state index contributed by atoms with van der Waals surface area (Å²) in [6.45, 7) is 0. The standard InChI is InChI=1S/C11H9Cl2N3O2S/c12-7-3-4-10(8(13)6-7)16-19(17,18)11-9(14)2-1-5-15-11/h1-6,16H,14H2. The largest absolute Gasteiger partial charge is 0.396 e. The van der Waals surface area contributed by atoms with Gasteiger partial charge in [-0.15, -0.1) is 0 Å². The van der Waals surface area contributed by atoms with Gasteiger partial charge in [-0.2, -0.15) is 8.42 Å². The number of halogens is 2. The van der Waals surface area contributed by atoms with E-state index in [0.717, 1.165) is 0 Å². The smallest absolute Gasteiger partial charge is 0.281 e. The maximum atomic E-state index is 12.1. The number of hydrogen-bond acceptors (Lipinski definition) is 4. The number of benzene rings is 1. The minimum Gasteiger partial charge on any atom is -0.396 e. The molecule has 1 heterocycles. The Morgan fingerprint density at radius 1 is 1.21 bits per heavy atom. The molecule has 1 aromatic carbocycles. The molecule has 0 aliphatic heterocycles. The first-order valence-electron chi connectivity index (χ1n) is 5.08. The van der Waals surface area contributed by atoms with Crippen LogP contribution in [0.1, 0.15) is 0 Å². The van der Waals surface area contributed by atoms with Crippen molar-refractivity contribution in [1.82, 2.24) is 4.98 Å². The van der Waals surface area contributed by atoms with Crippen LogP contribution in [0.5, 0.6) is 0 Å². The Hall–Kier alpha value is -1.50. The van der Waals surface area contributed by atoms with Crippen LogP contribution in [-0.4, -0.2) is 13.4 Å². The lowest BCUT2D eigenvalue weighted by molar-refractivity contribution is 0.598. The summed E-state index contributed by atoms with van der Waals surface area (Å²) in [5.74, 6) is 0. The molecule has 0 unspecified atom stereocenters. The average Bonchev–Trinajstić information content (AvgIpc) is 2.33. The predicted molar refractivity (Wildman–Crippen MR) is 75.9 cm³/mol. The lowest BCUT2D eigenvalue weighted by Crippen LogP contribution is -2.16. The van der Waals surface area contributed by atoms with Crippen LogP contribution in [0.4, 0.5) is 11.4 Å². The van der Waals surface area contributed by atoms with Crippen molar-refractivity contribution < 1.29 is 8.42 Å². The fourth-order valence-corrected chi connectivity index (χ4v) is 3.05. The van der Waals surface area contributed by atoms with Gasteiger partial charge in [-0.05, 0) is 30.3 Å². The first-order valence-corrected chi connectivity index (χ1v) is 7.32. The van der Waals surface area contributed by atoms with Crippen LogP contribution in [0, 0.1) is 0 Å². The first-order chi connectivity index (χ1) is 8.90. The van der Waals surface area contributed by atoms with E-state index >= 15 is 0 Å². The van der Waals surface area contributed by atoms with Crippen LogP contribution >= 0.6 is 23.2 Å². The molecule has 0 amide bonds. The minimum atomic E-state index is -3.89. The van der Waals surface area contributed by atoms with Crippen LogP contribution in [0.25, 0.3) is 0 Å². The summed E-state index contributed by atoms with van der Waals surface area (Å²) >= 11 is 11.6. The number of aromatic nitrogens is 1. The Morgan fingerprint density at radius 2 is 1.95 bits per heavy atom. The number of hydrogen-bond donors (Lipinski definition) is 2. The van der Waals surface area contributed by atoms with E-state index in [-0.39, 0.29) is 21.4 Å². The molecule has 2 aromatic rings. The third-order valence-electron chi connectivity index (χ3n) is 2.23. The predicted octanol–water partition coefficient (Wildman–Crippen LogP) is 2.77. The number of nitrogens with one attached hydrogen (secondary N) is 1. The first kappa shape index (κ1) is 13.9. The lowest BCUT2D eigenvalue weighted by atomic mass is 10.3. The van der Waals surface area contributed by atoms with E-state index in [1.165, 1.54) is 30.5 Å². The molecule has 3 N–H and O–H groups in total. The number of nitrogen functional groups attached to an aromatic ring is 1. The highest BCUT2D eigenvalue weighted by Gasteiger charge is 2.20. The maximum absolute atomic E-state index is 12.1. The number of sulfonamides is 1. The van der Waals surface area contributed by atoms with Gasteiger partial charge in [-0.25, -0.2) is 4.98 Å². The minimum absolute atomic E-state index is 0.0556. The molecule has 0 aliphatic carbocycles. The van der Waals surface area contributed by atoms with Crippen LogP contribution in [-0.2, 0) is 10.0 Å². The van der Waals surface area contributed by atoms with Gasteiger partial charge in [0.15, 0.2) is 5.03 Å². The molecule has 0 bridgehead atoms. The van der Waals surface area contributed by atoms with Crippen molar-refractivity contribution in [3.8, 4) is 0 Å². The third-order valence-corrected chi connectivity index (χ3v) is 4.12. The third kappa shape index (κ3) is 3.09. The molecule has 0 spiro atoms. The zero-order valence-electron chi connectivity index (χ0n) is 9.47. The van der Waals surface area contributed by atoms with E-state index in [9.17, 15) is 8.42 Å². The van der Waals surface area contributed by atoms with E-state index < -0.39 is 10.0 Å². The van der Waals surface area contributed by atoms with Gasteiger partial charge in [0.05, 0.1) is 16.4 Å². The van der Waals surface area contributed by atoms with Crippen LogP contribution < -0.4 is 10.5 Å². The van der Waals surface area contributed by atoms with Crippen molar-refractivity contribution in [2.24, 2.45) is 0 Å². The molecule has 1 aromatic heterocycles. The Kier molecular flexibility index (Phi) is 3.84. The molecule has 100 valence electrons. The van der Waals surface area contributed by atoms with Gasteiger partial charge in [0, 0.05) is 11.2 Å². The second-order valence-electron chi connectivity index (χ2n) is 3.63. The van der Waals surface area contributed by atoms with E-state index in [1.54, 1.807) is 6.07 Å². The molecule has 2 rings (SSSR count). The summed E-state index contributed by atoms with van der Waals surface area (Å²) < 4.78 is 26.5. The summed E-state index contributed by atoms with van der Waals surface area (Å²) in [7, 11) is -3.89. The Balaban J connectivity index is 2.40. The summed E-state index contributed by atoms with van der Waals surface area (Å²) in [6.07, 6.45) is 1.34. The van der Waals surface area contributed by atoms with Gasteiger partial charge < -0.3 is 5.73 Å². The highest BCUT2D eigenvalue weighted by molar-refractivity contribution is 7.92. The molecule has 0 aliphatic rings. The quantitative estimate of drug-likeness (QED) is 0.911. The van der Waals surface area contributed by atoms with Crippen LogP contribution in [0.3, 0.4) is 0 Å². The second kappa shape index (κ2) is 5.24. The fourth-order valence-electron chi connectivity index (χ4n) is 1.39. The van der Waals surface area contributed by atoms with Gasteiger partial charge in [0.25, 0.3) is 10.0 Å². The maximum Gasteiger partial charge on any atom is 0.281 e. The van der Waals surface area contributed by atoms with Gasteiger partial charge >= 0.3 is 0 Å². The van der Waals surface area contributed by atoms with Crippen LogP contribution in [0.2, 0.25) is 10.0 Å². The zero-order valence-corrected chi connectivity index (χ0v) is 11.8. The number of pyridine rings is 1. The van der Waals surface area contributed by atoms with Crippen LogP contribution in [0.15, 0.2) is 41.6 Å². The molecule has 0 saturated carbocycles. The van der Waals surface area contributed by atoms with E-state index in [1.807, 2.05) is 0 Å². The molecule has 0 radical (unpaired) electrons. The van der Waals surface area contributed by atoms with E-state index in [4.69, 9.17) is 28.9 Å². The van der Waals surface area contributed by atoms with Crippen molar-refractivity contribution in [2.45, 2.75) is 5.03 Å². The van der Waals surface area contributed by atoms with Crippen molar-refractivity contribution in [1.29, 1.82) is 0 Å². The molecular formula is C11H9Cl2N3O2S. The highest BCUT2D eigenvalue weighted by Crippen LogP contribution is 2.28. The van der Waals surface area contributed by atoms with E-state index in [2.05, 4.69) is 9.71 Å². The van der Waals surface area contributed by atoms with E-state index in [0.29, 0.717) is 5.02 Å².